The molecule has 146 valence electrons. The highest BCUT2D eigenvalue weighted by atomic mass is 19.1. The Morgan fingerprint density at radius 2 is 1.96 bits per heavy atom. The predicted molar refractivity (Wildman–Crippen MR) is 102 cm³/mol. The zero-order valence-electron chi connectivity index (χ0n) is 16.0. The van der Waals surface area contributed by atoms with E-state index < -0.39 is 6.04 Å². The van der Waals surface area contributed by atoms with Crippen LogP contribution in [-0.4, -0.2) is 23.2 Å². The van der Waals surface area contributed by atoms with E-state index in [2.05, 4.69) is 15.5 Å². The summed E-state index contributed by atoms with van der Waals surface area (Å²) in [5.74, 6) is 0.951. The number of amides is 1. The molecule has 1 N–H and O–H groups in total. The number of aromatic nitrogens is 2. The Kier molecular flexibility index (Phi) is 6.03. The predicted octanol–water partition coefficient (Wildman–Crippen LogP) is 3.94. The lowest BCUT2D eigenvalue weighted by molar-refractivity contribution is -0.121. The fraction of sp³-hybridized carbons (Fsp3) is 0.286. The summed E-state index contributed by atoms with van der Waals surface area (Å²) in [6.45, 7) is 3.91. The first-order chi connectivity index (χ1) is 13.5. The van der Waals surface area contributed by atoms with Gasteiger partial charge in [-0.15, -0.1) is 0 Å². The van der Waals surface area contributed by atoms with Crippen molar-refractivity contribution >= 4 is 5.91 Å². The van der Waals surface area contributed by atoms with Gasteiger partial charge in [-0.25, -0.2) is 4.39 Å². The van der Waals surface area contributed by atoms with E-state index in [4.69, 9.17) is 9.26 Å². The van der Waals surface area contributed by atoms with Crippen LogP contribution in [0.4, 0.5) is 4.39 Å². The van der Waals surface area contributed by atoms with Gasteiger partial charge in [0.05, 0.1) is 13.5 Å². The lowest BCUT2D eigenvalue weighted by atomic mass is 10.0. The van der Waals surface area contributed by atoms with Crippen LogP contribution in [0, 0.1) is 11.7 Å². The van der Waals surface area contributed by atoms with Crippen LogP contribution in [0.5, 0.6) is 5.75 Å². The smallest absolute Gasteiger partial charge is 0.249 e. The highest BCUT2D eigenvalue weighted by Gasteiger charge is 2.25. The Hall–Kier alpha value is -3.22. The fourth-order valence-electron chi connectivity index (χ4n) is 2.77. The lowest BCUT2D eigenvalue weighted by Gasteiger charge is -2.18. The molecule has 0 unspecified atom stereocenters. The first-order valence-corrected chi connectivity index (χ1v) is 8.98. The molecule has 0 aliphatic rings. The van der Waals surface area contributed by atoms with E-state index in [1.807, 2.05) is 38.1 Å². The molecule has 0 radical (unpaired) electrons. The number of ether oxygens (including phenoxy) is 1. The van der Waals surface area contributed by atoms with Crippen molar-refractivity contribution in [1.29, 1.82) is 0 Å². The summed E-state index contributed by atoms with van der Waals surface area (Å²) in [7, 11) is 1.59. The van der Waals surface area contributed by atoms with Crippen LogP contribution in [0.25, 0.3) is 11.4 Å². The molecule has 0 aliphatic carbocycles. The van der Waals surface area contributed by atoms with Crippen molar-refractivity contribution in [2.75, 3.05) is 7.11 Å². The molecule has 0 saturated heterocycles. The molecule has 1 heterocycles. The average Bonchev–Trinajstić information content (AvgIpc) is 3.17. The summed E-state index contributed by atoms with van der Waals surface area (Å²) in [6, 6.07) is 12.8. The average molecular weight is 383 g/mol. The van der Waals surface area contributed by atoms with E-state index in [0.29, 0.717) is 17.5 Å². The number of carbonyl (C=O) groups excluding carboxylic acids is 1. The minimum atomic E-state index is -0.431. The fourth-order valence-corrected chi connectivity index (χ4v) is 2.77. The van der Waals surface area contributed by atoms with Crippen molar-refractivity contribution in [3.8, 4) is 17.1 Å². The third kappa shape index (κ3) is 4.73. The van der Waals surface area contributed by atoms with E-state index in [-0.39, 0.29) is 24.1 Å². The summed E-state index contributed by atoms with van der Waals surface area (Å²) >= 11 is 0. The molecule has 3 rings (SSSR count). The van der Waals surface area contributed by atoms with Gasteiger partial charge in [-0.05, 0) is 35.7 Å². The van der Waals surface area contributed by atoms with Crippen LogP contribution < -0.4 is 10.1 Å². The van der Waals surface area contributed by atoms with Gasteiger partial charge in [0.15, 0.2) is 0 Å². The third-order valence-electron chi connectivity index (χ3n) is 4.30. The number of carbonyl (C=O) groups is 1. The van der Waals surface area contributed by atoms with Crippen LogP contribution in [0.15, 0.2) is 53.1 Å². The van der Waals surface area contributed by atoms with Gasteiger partial charge in [-0.1, -0.05) is 43.3 Å². The van der Waals surface area contributed by atoms with Crippen molar-refractivity contribution in [2.45, 2.75) is 26.3 Å². The Labute approximate surface area is 162 Å². The third-order valence-corrected chi connectivity index (χ3v) is 4.30. The Bertz CT molecular complexity index is 938. The lowest BCUT2D eigenvalue weighted by Crippen LogP contribution is -2.33. The number of hydrogen-bond acceptors (Lipinski definition) is 5. The molecule has 28 heavy (non-hydrogen) atoms. The summed E-state index contributed by atoms with van der Waals surface area (Å²) < 4.78 is 23.7. The molecule has 2 aromatic carbocycles. The van der Waals surface area contributed by atoms with Crippen LogP contribution in [-0.2, 0) is 11.2 Å². The second kappa shape index (κ2) is 8.65. The van der Waals surface area contributed by atoms with Crippen molar-refractivity contribution < 1.29 is 18.4 Å². The molecular formula is C21H22FN3O3. The Morgan fingerprint density at radius 3 is 2.64 bits per heavy atom. The minimum Gasteiger partial charge on any atom is -0.497 e. The molecule has 0 bridgehead atoms. The standard InChI is InChI=1S/C21H22FN3O3/c1-13(2)19(23-18(26)11-14-7-9-16(22)10-8-14)21-24-20(25-28-21)15-5-4-6-17(12-15)27-3/h4-10,12-13,19H,11H2,1-3H3,(H,23,26)/t19-/m0/s1. The number of methoxy groups -OCH3 is 1. The maximum absolute atomic E-state index is 13.0. The molecule has 0 saturated carbocycles. The quantitative estimate of drug-likeness (QED) is 0.669. The molecular weight excluding hydrogens is 361 g/mol. The van der Waals surface area contributed by atoms with Gasteiger partial charge in [0.2, 0.25) is 17.6 Å². The van der Waals surface area contributed by atoms with Crippen molar-refractivity contribution in [2.24, 2.45) is 5.92 Å². The van der Waals surface area contributed by atoms with E-state index in [1.165, 1.54) is 12.1 Å². The van der Waals surface area contributed by atoms with Crippen LogP contribution in [0.3, 0.4) is 0 Å². The first kappa shape index (κ1) is 19.5. The number of nitrogens with zero attached hydrogens (tertiary/aromatic N) is 2. The zero-order valence-corrected chi connectivity index (χ0v) is 16.0. The monoisotopic (exact) mass is 383 g/mol. The maximum Gasteiger partial charge on any atom is 0.249 e. The molecule has 6 nitrogen and oxygen atoms in total. The van der Waals surface area contributed by atoms with Gasteiger partial charge in [0.1, 0.15) is 17.6 Å². The van der Waals surface area contributed by atoms with Crippen molar-refractivity contribution in [3.05, 3.63) is 65.8 Å². The zero-order chi connectivity index (χ0) is 20.1. The Balaban J connectivity index is 1.74. The number of rotatable bonds is 7. The molecule has 0 spiro atoms. The molecule has 7 heteroatoms. The highest BCUT2D eigenvalue weighted by Crippen LogP contribution is 2.25. The summed E-state index contributed by atoms with van der Waals surface area (Å²) in [4.78, 5) is 16.9. The van der Waals surface area contributed by atoms with Crippen molar-refractivity contribution in [3.63, 3.8) is 0 Å². The molecule has 1 atom stereocenters. The van der Waals surface area contributed by atoms with E-state index in [9.17, 15) is 9.18 Å². The molecule has 1 aromatic heterocycles. The van der Waals surface area contributed by atoms with E-state index in [1.54, 1.807) is 19.2 Å². The highest BCUT2D eigenvalue weighted by molar-refractivity contribution is 5.79. The van der Waals surface area contributed by atoms with Gasteiger partial charge >= 0.3 is 0 Å². The number of nitrogens with one attached hydrogen (secondary N) is 1. The Morgan fingerprint density at radius 1 is 1.21 bits per heavy atom. The van der Waals surface area contributed by atoms with Crippen molar-refractivity contribution in [1.82, 2.24) is 15.5 Å². The minimum absolute atomic E-state index is 0.0378. The van der Waals surface area contributed by atoms with Crippen LogP contribution in [0.1, 0.15) is 31.3 Å². The molecule has 0 fully saturated rings. The van der Waals surface area contributed by atoms with Gasteiger partial charge in [-0.3, -0.25) is 4.79 Å². The van der Waals surface area contributed by atoms with E-state index >= 15 is 0 Å². The van der Waals surface area contributed by atoms with E-state index in [0.717, 1.165) is 11.1 Å². The van der Waals surface area contributed by atoms with Crippen LogP contribution in [0.2, 0.25) is 0 Å². The summed E-state index contributed by atoms with van der Waals surface area (Å²) in [6.07, 6.45) is 0.139. The summed E-state index contributed by atoms with van der Waals surface area (Å²) in [5.41, 5.74) is 1.48. The van der Waals surface area contributed by atoms with Gasteiger partial charge in [0.25, 0.3) is 0 Å². The maximum atomic E-state index is 13.0. The first-order valence-electron chi connectivity index (χ1n) is 8.98. The molecule has 0 aliphatic heterocycles. The SMILES string of the molecule is COc1cccc(-c2noc([C@@H](NC(=O)Cc3ccc(F)cc3)C(C)C)n2)c1. The molecule has 1 amide bonds. The van der Waals surface area contributed by atoms with Gasteiger partial charge in [-0.2, -0.15) is 4.98 Å². The van der Waals surface area contributed by atoms with Gasteiger partial charge < -0.3 is 14.6 Å². The number of halogens is 1. The number of hydrogen-bond donors (Lipinski definition) is 1. The largest absolute Gasteiger partial charge is 0.497 e. The summed E-state index contributed by atoms with van der Waals surface area (Å²) in [5, 5.41) is 6.96. The molecule has 3 aromatic rings. The second-order valence-electron chi connectivity index (χ2n) is 6.78. The van der Waals surface area contributed by atoms with Gasteiger partial charge in [0, 0.05) is 5.56 Å². The topological polar surface area (TPSA) is 77.3 Å². The number of benzene rings is 2. The van der Waals surface area contributed by atoms with Crippen LogP contribution >= 0.6 is 0 Å². The second-order valence-corrected chi connectivity index (χ2v) is 6.78. The normalized spacial score (nSPS) is 12.0.